The van der Waals surface area contributed by atoms with Crippen LogP contribution in [0.2, 0.25) is 0 Å². The molecule has 1 aliphatic heterocycles. The molecule has 0 saturated carbocycles. The molecule has 3 heteroatoms. The lowest BCUT2D eigenvalue weighted by Gasteiger charge is -2.04. The summed E-state index contributed by atoms with van der Waals surface area (Å²) in [6, 6.07) is 9.17. The molecular weight excluding hydrogens is 168 g/mol. The number of hydrogen-bond donors (Lipinski definition) is 0. The summed E-state index contributed by atoms with van der Waals surface area (Å²) in [4.78, 5) is 11.2. The molecule has 1 fully saturated rings. The Labute approximate surface area is 75.6 Å². The average molecular weight is 176 g/mol. The topological polar surface area (TPSA) is 35.5 Å². The number of rotatable bonds is 1. The van der Waals surface area contributed by atoms with E-state index in [1.807, 2.05) is 30.3 Å². The first-order valence-electron chi connectivity index (χ1n) is 3.89. The van der Waals surface area contributed by atoms with Crippen LogP contribution in [0.3, 0.4) is 0 Å². The fraction of sp³-hybridized carbons (Fsp3) is 0.100. The SMILES string of the molecule is C=C1OC(=O)C(c2ccccc2)O1. The lowest BCUT2D eigenvalue weighted by atomic mass is 10.1. The Balaban J connectivity index is 2.28. The van der Waals surface area contributed by atoms with Crippen molar-refractivity contribution in [2.45, 2.75) is 6.10 Å². The molecule has 0 aromatic heterocycles. The maximum absolute atomic E-state index is 11.2. The highest BCUT2D eigenvalue weighted by atomic mass is 16.7. The lowest BCUT2D eigenvalue weighted by Crippen LogP contribution is -2.06. The van der Waals surface area contributed by atoms with Crippen molar-refractivity contribution in [3.05, 3.63) is 48.4 Å². The fourth-order valence-electron chi connectivity index (χ4n) is 1.20. The van der Waals surface area contributed by atoms with Crippen molar-refractivity contribution < 1.29 is 14.3 Å². The van der Waals surface area contributed by atoms with Crippen molar-refractivity contribution in [3.63, 3.8) is 0 Å². The van der Waals surface area contributed by atoms with Crippen LogP contribution in [0, 0.1) is 0 Å². The van der Waals surface area contributed by atoms with E-state index < -0.39 is 12.1 Å². The van der Waals surface area contributed by atoms with Gasteiger partial charge in [0.2, 0.25) is 6.10 Å². The second kappa shape index (κ2) is 2.94. The molecule has 13 heavy (non-hydrogen) atoms. The highest BCUT2D eigenvalue weighted by Gasteiger charge is 2.32. The molecule has 3 nitrogen and oxygen atoms in total. The molecule has 0 N–H and O–H groups in total. The van der Waals surface area contributed by atoms with E-state index in [9.17, 15) is 4.79 Å². The summed E-state index contributed by atoms with van der Waals surface area (Å²) in [6.07, 6.45) is -0.645. The largest absolute Gasteiger partial charge is 0.445 e. The van der Waals surface area contributed by atoms with Crippen LogP contribution in [0.4, 0.5) is 0 Å². The molecule has 1 aromatic carbocycles. The first-order chi connectivity index (χ1) is 6.27. The highest BCUT2D eigenvalue weighted by Crippen LogP contribution is 2.28. The van der Waals surface area contributed by atoms with Gasteiger partial charge in [-0.15, -0.1) is 0 Å². The molecule has 1 heterocycles. The van der Waals surface area contributed by atoms with Gasteiger partial charge in [0.25, 0.3) is 5.95 Å². The van der Waals surface area contributed by atoms with E-state index >= 15 is 0 Å². The Hall–Kier alpha value is -1.77. The molecule has 2 rings (SSSR count). The molecule has 1 atom stereocenters. The van der Waals surface area contributed by atoms with Crippen molar-refractivity contribution >= 4 is 5.97 Å². The van der Waals surface area contributed by atoms with Crippen molar-refractivity contribution in [1.82, 2.24) is 0 Å². The number of carbonyl (C=O) groups is 1. The maximum Gasteiger partial charge on any atom is 0.359 e. The zero-order valence-corrected chi connectivity index (χ0v) is 6.90. The number of ether oxygens (including phenoxy) is 2. The van der Waals surface area contributed by atoms with Crippen LogP contribution in [0.15, 0.2) is 42.9 Å². The number of hydrogen-bond acceptors (Lipinski definition) is 3. The zero-order valence-electron chi connectivity index (χ0n) is 6.90. The van der Waals surface area contributed by atoms with Crippen LogP contribution in [0.25, 0.3) is 0 Å². The summed E-state index contributed by atoms with van der Waals surface area (Å²) >= 11 is 0. The highest BCUT2D eigenvalue weighted by molar-refractivity contribution is 5.79. The third-order valence-electron chi connectivity index (χ3n) is 1.78. The molecule has 0 spiro atoms. The van der Waals surface area contributed by atoms with Crippen LogP contribution in [0.5, 0.6) is 0 Å². The van der Waals surface area contributed by atoms with E-state index in [0.717, 1.165) is 5.56 Å². The first-order valence-corrected chi connectivity index (χ1v) is 3.89. The smallest absolute Gasteiger partial charge is 0.359 e. The van der Waals surface area contributed by atoms with E-state index in [4.69, 9.17) is 4.74 Å². The van der Waals surface area contributed by atoms with E-state index in [2.05, 4.69) is 11.3 Å². The van der Waals surface area contributed by atoms with Gasteiger partial charge in [0.15, 0.2) is 0 Å². The number of cyclic esters (lactones) is 1. The summed E-state index contributed by atoms with van der Waals surface area (Å²) in [5.74, 6) is -0.338. The molecule has 0 radical (unpaired) electrons. The van der Waals surface area contributed by atoms with Crippen molar-refractivity contribution in [3.8, 4) is 0 Å². The monoisotopic (exact) mass is 176 g/mol. The van der Waals surface area contributed by atoms with E-state index in [0.29, 0.717) is 0 Å². The summed E-state index contributed by atoms with van der Waals surface area (Å²) in [5, 5.41) is 0. The van der Waals surface area contributed by atoms with Crippen LogP contribution < -0.4 is 0 Å². The second-order valence-corrected chi connectivity index (χ2v) is 2.70. The maximum atomic E-state index is 11.2. The zero-order chi connectivity index (χ0) is 9.26. The summed E-state index contributed by atoms with van der Waals surface area (Å²) in [5.41, 5.74) is 0.783. The molecular formula is C10H8O3. The van der Waals surface area contributed by atoms with Gasteiger partial charge >= 0.3 is 5.97 Å². The average Bonchev–Trinajstić information content (AvgIpc) is 2.47. The summed E-state index contributed by atoms with van der Waals surface area (Å²) in [7, 11) is 0. The number of benzene rings is 1. The third-order valence-corrected chi connectivity index (χ3v) is 1.78. The Morgan fingerprint density at radius 3 is 2.46 bits per heavy atom. The minimum atomic E-state index is -0.645. The van der Waals surface area contributed by atoms with Gasteiger partial charge in [0, 0.05) is 5.56 Å². The van der Waals surface area contributed by atoms with Gasteiger partial charge in [-0.05, 0) is 6.58 Å². The molecule has 0 bridgehead atoms. The Bertz CT molecular complexity index is 342. The lowest BCUT2D eigenvalue weighted by molar-refractivity contribution is -0.137. The molecule has 66 valence electrons. The van der Waals surface area contributed by atoms with Gasteiger partial charge in [-0.3, -0.25) is 0 Å². The van der Waals surface area contributed by atoms with Crippen LogP contribution in [0.1, 0.15) is 11.7 Å². The quantitative estimate of drug-likeness (QED) is 0.612. The molecule has 0 aliphatic carbocycles. The fourth-order valence-corrected chi connectivity index (χ4v) is 1.20. The van der Waals surface area contributed by atoms with Gasteiger partial charge in [0.05, 0.1) is 0 Å². The van der Waals surface area contributed by atoms with Crippen LogP contribution in [-0.2, 0) is 14.3 Å². The minimum Gasteiger partial charge on any atom is -0.445 e. The summed E-state index contributed by atoms with van der Waals surface area (Å²) < 4.78 is 9.77. The van der Waals surface area contributed by atoms with Crippen LogP contribution in [-0.4, -0.2) is 5.97 Å². The Kier molecular flexibility index (Phi) is 1.77. The van der Waals surface area contributed by atoms with Gasteiger partial charge in [-0.2, -0.15) is 0 Å². The molecule has 0 amide bonds. The normalized spacial score (nSPS) is 21.1. The van der Waals surface area contributed by atoms with E-state index in [1.54, 1.807) is 0 Å². The predicted octanol–water partition coefficient (Wildman–Crippen LogP) is 1.77. The molecule has 1 saturated heterocycles. The number of carbonyl (C=O) groups excluding carboxylic acids is 1. The Morgan fingerprint density at radius 2 is 1.92 bits per heavy atom. The molecule has 1 aromatic rings. The van der Waals surface area contributed by atoms with Gasteiger partial charge in [0.1, 0.15) is 0 Å². The van der Waals surface area contributed by atoms with Crippen molar-refractivity contribution in [2.75, 3.05) is 0 Å². The first kappa shape index (κ1) is 7.86. The van der Waals surface area contributed by atoms with Gasteiger partial charge in [-0.1, -0.05) is 30.3 Å². The third kappa shape index (κ3) is 1.40. The standard InChI is InChI=1S/C10H8O3/c1-7-12-9(10(11)13-7)8-5-3-2-4-6-8/h2-6,9H,1H2. The number of esters is 1. The minimum absolute atomic E-state index is 0.0684. The second-order valence-electron chi connectivity index (χ2n) is 2.70. The van der Waals surface area contributed by atoms with Crippen molar-refractivity contribution in [1.29, 1.82) is 0 Å². The predicted molar refractivity (Wildman–Crippen MR) is 45.5 cm³/mol. The van der Waals surface area contributed by atoms with Gasteiger partial charge < -0.3 is 9.47 Å². The van der Waals surface area contributed by atoms with Gasteiger partial charge in [-0.25, -0.2) is 4.79 Å². The molecule has 1 aliphatic rings. The summed E-state index contributed by atoms with van der Waals surface area (Å²) in [6.45, 7) is 3.42. The van der Waals surface area contributed by atoms with E-state index in [1.165, 1.54) is 0 Å². The van der Waals surface area contributed by atoms with Crippen molar-refractivity contribution in [2.24, 2.45) is 0 Å². The molecule has 1 unspecified atom stereocenters. The van der Waals surface area contributed by atoms with E-state index in [-0.39, 0.29) is 5.95 Å². The van der Waals surface area contributed by atoms with Crippen LogP contribution >= 0.6 is 0 Å². The Morgan fingerprint density at radius 1 is 1.23 bits per heavy atom.